The second kappa shape index (κ2) is 10.5. The number of carbonyl (C=O) groups is 1. The van der Waals surface area contributed by atoms with Crippen LogP contribution in [0.5, 0.6) is 0 Å². The number of rotatable bonds is 9. The van der Waals surface area contributed by atoms with Crippen molar-refractivity contribution in [1.29, 1.82) is 0 Å². The lowest BCUT2D eigenvalue weighted by molar-refractivity contribution is -0.131. The Morgan fingerprint density at radius 1 is 1.06 bits per heavy atom. The van der Waals surface area contributed by atoms with Gasteiger partial charge >= 0.3 is 5.97 Å². The van der Waals surface area contributed by atoms with Crippen molar-refractivity contribution in [3.05, 3.63) is 64.0 Å². The zero-order valence-electron chi connectivity index (χ0n) is 17.7. The van der Waals surface area contributed by atoms with Crippen molar-refractivity contribution < 1.29 is 9.90 Å². The summed E-state index contributed by atoms with van der Waals surface area (Å²) in [6.45, 7) is 8.65. The normalized spacial score (nSPS) is 11.5. The number of anilines is 1. The van der Waals surface area contributed by atoms with Gasteiger partial charge in [0.15, 0.2) is 11.0 Å². The Bertz CT molecular complexity index is 1060. The number of nitrogens with zero attached hydrogens (tertiary/aromatic N) is 4. The summed E-state index contributed by atoms with van der Waals surface area (Å²) in [5.74, 6) is -0.327. The third kappa shape index (κ3) is 5.48. The highest BCUT2D eigenvalue weighted by Crippen LogP contribution is 2.31. The van der Waals surface area contributed by atoms with E-state index in [1.54, 1.807) is 18.2 Å². The van der Waals surface area contributed by atoms with E-state index >= 15 is 0 Å². The van der Waals surface area contributed by atoms with Gasteiger partial charge in [-0.25, -0.2) is 4.79 Å². The summed E-state index contributed by atoms with van der Waals surface area (Å²) in [6.07, 6.45) is 1.66. The Morgan fingerprint density at radius 2 is 1.71 bits per heavy atom. The number of thioether (sulfide) groups is 1. The lowest BCUT2D eigenvalue weighted by Crippen LogP contribution is -2.21. The molecule has 0 aliphatic heterocycles. The molecule has 2 aromatic carbocycles. The van der Waals surface area contributed by atoms with Gasteiger partial charge in [0.05, 0.1) is 0 Å². The minimum atomic E-state index is -1.00. The number of halogens is 1. The Balaban J connectivity index is 1.88. The maximum atomic E-state index is 11.9. The lowest BCUT2D eigenvalue weighted by Gasteiger charge is -2.20. The summed E-state index contributed by atoms with van der Waals surface area (Å²) < 4.78 is 1.90. The van der Waals surface area contributed by atoms with E-state index in [1.165, 1.54) is 0 Å². The molecule has 0 aliphatic carbocycles. The van der Waals surface area contributed by atoms with Crippen LogP contribution in [0.2, 0.25) is 5.02 Å². The van der Waals surface area contributed by atoms with E-state index in [2.05, 4.69) is 28.9 Å². The van der Waals surface area contributed by atoms with Crippen molar-refractivity contribution in [2.45, 2.75) is 32.5 Å². The second-order valence-corrected chi connectivity index (χ2v) is 8.18. The molecule has 3 rings (SSSR count). The fraction of sp³-hybridized carbons (Fsp3) is 0.261. The molecule has 1 N–H and O–H groups in total. The summed E-state index contributed by atoms with van der Waals surface area (Å²) in [5, 5.41) is 19.5. The number of aromatic nitrogens is 3. The van der Waals surface area contributed by atoms with Crippen LogP contribution in [-0.4, -0.2) is 38.9 Å². The van der Waals surface area contributed by atoms with Crippen LogP contribution in [0.15, 0.2) is 58.6 Å². The first-order valence-electron chi connectivity index (χ1n) is 10.1. The van der Waals surface area contributed by atoms with E-state index in [1.807, 2.05) is 47.9 Å². The average molecular weight is 457 g/mol. The fourth-order valence-corrected chi connectivity index (χ4v) is 4.23. The van der Waals surface area contributed by atoms with Crippen LogP contribution in [0, 0.1) is 0 Å². The zero-order valence-corrected chi connectivity index (χ0v) is 19.3. The minimum Gasteiger partial charge on any atom is -0.477 e. The van der Waals surface area contributed by atoms with Gasteiger partial charge in [-0.2, -0.15) is 0 Å². The molecule has 0 amide bonds. The molecular weight excluding hydrogens is 432 g/mol. The molecule has 0 atom stereocenters. The average Bonchev–Trinajstić information content (AvgIpc) is 3.18. The third-order valence-electron chi connectivity index (χ3n) is 4.87. The van der Waals surface area contributed by atoms with Gasteiger partial charge in [0, 0.05) is 35.9 Å². The molecule has 8 heteroatoms. The predicted octanol–water partition coefficient (Wildman–Crippen LogP) is 5.68. The van der Waals surface area contributed by atoms with Crippen LogP contribution in [0.25, 0.3) is 17.5 Å². The van der Waals surface area contributed by atoms with Crippen LogP contribution in [0.1, 0.15) is 26.3 Å². The molecule has 0 radical (unpaired) electrons. The molecule has 0 saturated heterocycles. The van der Waals surface area contributed by atoms with Gasteiger partial charge in [-0.3, -0.25) is 0 Å². The van der Waals surface area contributed by atoms with Gasteiger partial charge in [-0.15, -0.1) is 10.2 Å². The maximum absolute atomic E-state index is 11.9. The van der Waals surface area contributed by atoms with Crippen LogP contribution in [0.3, 0.4) is 0 Å². The zero-order chi connectivity index (χ0) is 22.4. The number of hydrogen-bond acceptors (Lipinski definition) is 5. The van der Waals surface area contributed by atoms with Gasteiger partial charge in [0.2, 0.25) is 0 Å². The van der Waals surface area contributed by atoms with Gasteiger partial charge in [-0.05, 0) is 80.6 Å². The molecule has 0 saturated carbocycles. The highest BCUT2D eigenvalue weighted by atomic mass is 35.5. The summed E-state index contributed by atoms with van der Waals surface area (Å²) in [7, 11) is 0. The topological polar surface area (TPSA) is 71.2 Å². The van der Waals surface area contributed by atoms with Crippen molar-refractivity contribution in [3.63, 3.8) is 0 Å². The summed E-state index contributed by atoms with van der Waals surface area (Å²) in [5.41, 5.74) is 2.81. The predicted molar refractivity (Wildman–Crippen MR) is 128 cm³/mol. The van der Waals surface area contributed by atoms with E-state index in [0.29, 0.717) is 22.5 Å². The number of carboxylic acids is 1. The van der Waals surface area contributed by atoms with Crippen molar-refractivity contribution in [2.24, 2.45) is 0 Å². The molecule has 1 aromatic heterocycles. The molecular formula is C23H25ClN4O2S. The largest absolute Gasteiger partial charge is 0.477 e. The van der Waals surface area contributed by atoms with Crippen LogP contribution in [-0.2, 0) is 11.3 Å². The van der Waals surface area contributed by atoms with E-state index in [0.717, 1.165) is 41.7 Å². The molecule has 1 heterocycles. The standard InChI is InChI=1S/C23H25ClN4O2S/c1-4-27(5-2)19-13-7-16(8-14-19)15-20(22(29)30)31-23-26-25-21(28(23)6-3)17-9-11-18(24)12-10-17/h7-15H,4-6H2,1-3H3,(H,29,30)/b20-15-. The molecule has 0 fully saturated rings. The summed E-state index contributed by atoms with van der Waals surface area (Å²) in [6, 6.07) is 15.2. The van der Waals surface area contributed by atoms with E-state index in [9.17, 15) is 9.90 Å². The Hall–Kier alpha value is -2.77. The Kier molecular flexibility index (Phi) is 7.76. The first-order chi connectivity index (χ1) is 15.0. The Labute approximate surface area is 191 Å². The summed E-state index contributed by atoms with van der Waals surface area (Å²) >= 11 is 7.08. The molecule has 0 aliphatic rings. The fourth-order valence-electron chi connectivity index (χ4n) is 3.22. The van der Waals surface area contributed by atoms with Gasteiger partial charge in [0.1, 0.15) is 4.91 Å². The minimum absolute atomic E-state index is 0.181. The van der Waals surface area contributed by atoms with Gasteiger partial charge < -0.3 is 14.6 Å². The SMILES string of the molecule is CCN(CC)c1ccc(/C=C(\Sc2nnc(-c3ccc(Cl)cc3)n2CC)C(=O)O)cc1. The maximum Gasteiger partial charge on any atom is 0.342 e. The first kappa shape index (κ1) is 22.9. The smallest absolute Gasteiger partial charge is 0.342 e. The number of carboxylic acid groups (broad SMARTS) is 1. The molecule has 0 unspecified atom stereocenters. The lowest BCUT2D eigenvalue weighted by atomic mass is 10.2. The van der Waals surface area contributed by atoms with Crippen LogP contribution < -0.4 is 4.90 Å². The number of hydrogen-bond donors (Lipinski definition) is 1. The molecule has 6 nitrogen and oxygen atoms in total. The van der Waals surface area contributed by atoms with E-state index < -0.39 is 5.97 Å². The van der Waals surface area contributed by atoms with Crippen molar-refractivity contribution in [1.82, 2.24) is 14.8 Å². The molecule has 31 heavy (non-hydrogen) atoms. The van der Waals surface area contributed by atoms with E-state index in [-0.39, 0.29) is 4.91 Å². The van der Waals surface area contributed by atoms with Crippen LogP contribution in [0.4, 0.5) is 5.69 Å². The second-order valence-electron chi connectivity index (χ2n) is 6.74. The quantitative estimate of drug-likeness (QED) is 0.330. The molecule has 3 aromatic rings. The van der Waals surface area contributed by atoms with Gasteiger partial charge in [0.25, 0.3) is 0 Å². The van der Waals surface area contributed by atoms with Crippen molar-refractivity contribution in [3.8, 4) is 11.4 Å². The van der Waals surface area contributed by atoms with Crippen molar-refractivity contribution >= 4 is 41.1 Å². The van der Waals surface area contributed by atoms with E-state index in [4.69, 9.17) is 11.6 Å². The van der Waals surface area contributed by atoms with Crippen molar-refractivity contribution in [2.75, 3.05) is 18.0 Å². The number of aliphatic carboxylic acids is 1. The molecule has 162 valence electrons. The highest BCUT2D eigenvalue weighted by Gasteiger charge is 2.18. The monoisotopic (exact) mass is 456 g/mol. The molecule has 0 spiro atoms. The summed E-state index contributed by atoms with van der Waals surface area (Å²) in [4.78, 5) is 14.3. The van der Waals surface area contributed by atoms with Gasteiger partial charge in [-0.1, -0.05) is 23.7 Å². The first-order valence-corrected chi connectivity index (χ1v) is 11.3. The number of benzene rings is 2. The Morgan fingerprint density at radius 3 is 2.26 bits per heavy atom. The molecule has 0 bridgehead atoms. The third-order valence-corrected chi connectivity index (χ3v) is 6.12. The van der Waals surface area contributed by atoms with Crippen LogP contribution >= 0.6 is 23.4 Å². The highest BCUT2D eigenvalue weighted by molar-refractivity contribution is 8.04.